The van der Waals surface area contributed by atoms with Gasteiger partial charge < -0.3 is 10.0 Å². The number of carbonyl (C=O) groups excluding carboxylic acids is 1. The number of benzene rings is 3. The monoisotopic (exact) mass is 433 g/mol. The molecular weight excluding hydrogens is 410 g/mol. The van der Waals surface area contributed by atoms with Gasteiger partial charge >= 0.3 is 0 Å². The molecule has 0 spiro atoms. The van der Waals surface area contributed by atoms with E-state index in [-0.39, 0.29) is 16.3 Å². The van der Waals surface area contributed by atoms with Crippen molar-refractivity contribution in [1.82, 2.24) is 4.90 Å². The summed E-state index contributed by atoms with van der Waals surface area (Å²) in [7, 11) is -4.10. The Balaban J connectivity index is 1.83. The fourth-order valence-electron chi connectivity index (χ4n) is 3.77. The first-order valence-corrected chi connectivity index (χ1v) is 11.4. The molecule has 1 aliphatic rings. The van der Waals surface area contributed by atoms with Gasteiger partial charge in [0.05, 0.1) is 10.9 Å². The molecule has 0 radical (unpaired) electrons. The molecule has 0 bridgehead atoms. The standard InChI is InChI=1S/C25H23NO4S/c1-17-8-12-19(13-9-17)16-26-22(20-6-4-3-5-7-20)24(23(27)25(26)28)31(29,30)21-14-10-18(2)11-15-21/h3-15,22,27H,16H2,1-2H3/t22-/m0/s1. The minimum absolute atomic E-state index is 0.0468. The Labute approximate surface area is 182 Å². The van der Waals surface area contributed by atoms with Gasteiger partial charge in [-0.25, -0.2) is 8.42 Å². The average molecular weight is 434 g/mol. The van der Waals surface area contributed by atoms with E-state index < -0.39 is 27.5 Å². The van der Waals surface area contributed by atoms with E-state index in [0.717, 1.165) is 16.7 Å². The Morgan fingerprint density at radius 2 is 1.39 bits per heavy atom. The topological polar surface area (TPSA) is 74.7 Å². The predicted octanol–water partition coefficient (Wildman–Crippen LogP) is 4.63. The zero-order chi connectivity index (χ0) is 22.2. The summed E-state index contributed by atoms with van der Waals surface area (Å²) >= 11 is 0. The molecule has 158 valence electrons. The van der Waals surface area contributed by atoms with Crippen molar-refractivity contribution in [2.45, 2.75) is 31.3 Å². The molecule has 3 aromatic rings. The molecule has 0 saturated carbocycles. The number of aryl methyl sites for hydroxylation is 2. The maximum Gasteiger partial charge on any atom is 0.290 e. The number of aliphatic hydroxyl groups excluding tert-OH is 1. The van der Waals surface area contributed by atoms with Gasteiger partial charge in [0.2, 0.25) is 9.84 Å². The molecule has 3 aromatic carbocycles. The highest BCUT2D eigenvalue weighted by Crippen LogP contribution is 2.43. The third-order valence-corrected chi connectivity index (χ3v) is 7.35. The molecule has 4 rings (SSSR count). The largest absolute Gasteiger partial charge is 0.502 e. The molecule has 1 amide bonds. The fraction of sp³-hybridized carbons (Fsp3) is 0.160. The van der Waals surface area contributed by atoms with Crippen LogP contribution in [0.25, 0.3) is 0 Å². The Bertz CT molecular complexity index is 1250. The number of rotatable bonds is 5. The summed E-state index contributed by atoms with van der Waals surface area (Å²) < 4.78 is 27.1. The zero-order valence-electron chi connectivity index (χ0n) is 17.3. The van der Waals surface area contributed by atoms with Crippen LogP contribution in [0.5, 0.6) is 0 Å². The maximum absolute atomic E-state index is 13.5. The minimum Gasteiger partial charge on any atom is -0.502 e. The van der Waals surface area contributed by atoms with Gasteiger partial charge in [0.1, 0.15) is 4.91 Å². The number of hydrogen-bond donors (Lipinski definition) is 1. The van der Waals surface area contributed by atoms with Gasteiger partial charge in [-0.1, -0.05) is 77.9 Å². The SMILES string of the molecule is Cc1ccc(CN2C(=O)C(O)=C(S(=O)(=O)c3ccc(C)cc3)[C@@H]2c2ccccc2)cc1. The Morgan fingerprint density at radius 1 is 0.839 bits per heavy atom. The summed E-state index contributed by atoms with van der Waals surface area (Å²) in [6, 6.07) is 22.1. The van der Waals surface area contributed by atoms with Crippen LogP contribution in [0.15, 0.2) is 94.4 Å². The van der Waals surface area contributed by atoms with E-state index in [1.807, 2.05) is 44.2 Å². The molecule has 1 aliphatic heterocycles. The smallest absolute Gasteiger partial charge is 0.290 e. The summed E-state index contributed by atoms with van der Waals surface area (Å²) in [4.78, 5) is 14.2. The van der Waals surface area contributed by atoms with E-state index in [2.05, 4.69) is 0 Å². The first-order valence-electron chi connectivity index (χ1n) is 9.95. The van der Waals surface area contributed by atoms with Crippen LogP contribution in [0, 0.1) is 13.8 Å². The number of sulfone groups is 1. The van der Waals surface area contributed by atoms with Crippen molar-refractivity contribution in [3.8, 4) is 0 Å². The van der Waals surface area contributed by atoms with Crippen LogP contribution < -0.4 is 0 Å². The lowest BCUT2D eigenvalue weighted by atomic mass is 10.1. The van der Waals surface area contributed by atoms with Crippen LogP contribution in [0.3, 0.4) is 0 Å². The normalized spacial score (nSPS) is 16.8. The molecule has 0 saturated heterocycles. The van der Waals surface area contributed by atoms with Crippen molar-refractivity contribution in [2.24, 2.45) is 0 Å². The van der Waals surface area contributed by atoms with Gasteiger partial charge in [-0.3, -0.25) is 4.79 Å². The number of amides is 1. The van der Waals surface area contributed by atoms with Gasteiger partial charge in [-0.2, -0.15) is 0 Å². The summed E-state index contributed by atoms with van der Waals surface area (Å²) in [5.41, 5.74) is 3.47. The van der Waals surface area contributed by atoms with Crippen molar-refractivity contribution in [2.75, 3.05) is 0 Å². The van der Waals surface area contributed by atoms with Gasteiger partial charge in [-0.15, -0.1) is 0 Å². The van der Waals surface area contributed by atoms with Gasteiger partial charge in [0.25, 0.3) is 5.91 Å². The van der Waals surface area contributed by atoms with Crippen LogP contribution in [0.4, 0.5) is 0 Å². The highest BCUT2D eigenvalue weighted by Gasteiger charge is 2.46. The molecule has 0 aliphatic carbocycles. The van der Waals surface area contributed by atoms with Crippen LogP contribution in [0.1, 0.15) is 28.3 Å². The Morgan fingerprint density at radius 3 is 1.97 bits per heavy atom. The quantitative estimate of drug-likeness (QED) is 0.637. The van der Waals surface area contributed by atoms with E-state index >= 15 is 0 Å². The van der Waals surface area contributed by atoms with Gasteiger partial charge in [0, 0.05) is 6.54 Å². The molecule has 1 atom stereocenters. The zero-order valence-corrected chi connectivity index (χ0v) is 18.1. The lowest BCUT2D eigenvalue weighted by molar-refractivity contribution is -0.130. The molecule has 0 aromatic heterocycles. The van der Waals surface area contributed by atoms with Crippen molar-refractivity contribution < 1.29 is 18.3 Å². The third-order valence-electron chi connectivity index (χ3n) is 5.47. The van der Waals surface area contributed by atoms with Crippen molar-refractivity contribution in [3.63, 3.8) is 0 Å². The predicted molar refractivity (Wildman–Crippen MR) is 119 cm³/mol. The summed E-state index contributed by atoms with van der Waals surface area (Å²) in [6.45, 7) is 4.01. The highest BCUT2D eigenvalue weighted by atomic mass is 32.2. The molecule has 0 unspecified atom stereocenters. The molecule has 6 heteroatoms. The number of hydrogen-bond acceptors (Lipinski definition) is 4. The Hall–Kier alpha value is -3.38. The highest BCUT2D eigenvalue weighted by molar-refractivity contribution is 7.95. The van der Waals surface area contributed by atoms with Crippen LogP contribution >= 0.6 is 0 Å². The van der Waals surface area contributed by atoms with Gasteiger partial charge in [0.15, 0.2) is 5.76 Å². The van der Waals surface area contributed by atoms with Crippen molar-refractivity contribution in [3.05, 3.63) is 112 Å². The second kappa shape index (κ2) is 8.04. The molecule has 31 heavy (non-hydrogen) atoms. The molecular formula is C25H23NO4S. The molecule has 0 fully saturated rings. The molecule has 1 heterocycles. The molecule has 5 nitrogen and oxygen atoms in total. The summed E-state index contributed by atoms with van der Waals surface area (Å²) in [5, 5.41) is 10.7. The first-order chi connectivity index (χ1) is 14.8. The van der Waals surface area contributed by atoms with E-state index in [1.54, 1.807) is 36.4 Å². The summed E-state index contributed by atoms with van der Waals surface area (Å²) in [6.07, 6.45) is 0. The van der Waals surface area contributed by atoms with Crippen molar-refractivity contribution in [1.29, 1.82) is 0 Å². The van der Waals surface area contributed by atoms with Gasteiger partial charge in [-0.05, 0) is 37.1 Å². The number of aliphatic hydroxyl groups is 1. The van der Waals surface area contributed by atoms with E-state index in [9.17, 15) is 18.3 Å². The lowest BCUT2D eigenvalue weighted by Gasteiger charge is -2.27. The average Bonchev–Trinajstić information content (AvgIpc) is 3.02. The second-order valence-electron chi connectivity index (χ2n) is 7.76. The summed E-state index contributed by atoms with van der Waals surface area (Å²) in [5.74, 6) is -1.42. The molecule has 1 N–H and O–H groups in total. The van der Waals surface area contributed by atoms with Crippen LogP contribution in [0.2, 0.25) is 0 Å². The maximum atomic E-state index is 13.5. The van der Waals surface area contributed by atoms with E-state index in [4.69, 9.17) is 0 Å². The Kier molecular flexibility index (Phi) is 5.41. The third kappa shape index (κ3) is 3.86. The second-order valence-corrected chi connectivity index (χ2v) is 9.68. The van der Waals surface area contributed by atoms with E-state index in [0.29, 0.717) is 5.56 Å². The van der Waals surface area contributed by atoms with Crippen LogP contribution in [-0.4, -0.2) is 24.3 Å². The van der Waals surface area contributed by atoms with Crippen molar-refractivity contribution >= 4 is 15.7 Å². The fourth-order valence-corrected chi connectivity index (χ4v) is 5.42. The van der Waals surface area contributed by atoms with E-state index in [1.165, 1.54) is 17.0 Å². The van der Waals surface area contributed by atoms with Crippen LogP contribution in [-0.2, 0) is 21.2 Å². The number of carbonyl (C=O) groups is 1. The lowest BCUT2D eigenvalue weighted by Crippen LogP contribution is -2.30. The first kappa shape index (κ1) is 20.9. The minimum atomic E-state index is -4.10. The number of nitrogens with zero attached hydrogens (tertiary/aromatic N) is 1.